The summed E-state index contributed by atoms with van der Waals surface area (Å²) in [6.07, 6.45) is 0. The van der Waals surface area contributed by atoms with Crippen LogP contribution in [0.15, 0.2) is 18.2 Å². The van der Waals surface area contributed by atoms with Gasteiger partial charge in [0.25, 0.3) is 0 Å². The van der Waals surface area contributed by atoms with Crippen molar-refractivity contribution >= 4 is 17.4 Å². The molecule has 82 valence electrons. The number of carbonyl (C=O) groups is 1. The van der Waals surface area contributed by atoms with Gasteiger partial charge in [0.05, 0.1) is 0 Å². The fourth-order valence-corrected chi connectivity index (χ4v) is 1.18. The summed E-state index contributed by atoms with van der Waals surface area (Å²) < 4.78 is 0. The highest BCUT2D eigenvalue weighted by molar-refractivity contribution is 5.89. The van der Waals surface area contributed by atoms with Gasteiger partial charge >= 0.3 is 6.03 Å². The summed E-state index contributed by atoms with van der Waals surface area (Å²) >= 11 is 0. The number of amides is 2. The van der Waals surface area contributed by atoms with E-state index in [2.05, 4.69) is 10.6 Å². The van der Waals surface area contributed by atoms with Gasteiger partial charge in [0, 0.05) is 17.4 Å². The molecule has 0 aliphatic heterocycles. The van der Waals surface area contributed by atoms with Gasteiger partial charge in [-0.2, -0.15) is 0 Å². The lowest BCUT2D eigenvalue weighted by Crippen LogP contribution is -2.34. The Hall–Kier alpha value is -1.71. The Labute approximate surface area is 89.9 Å². The number of carbonyl (C=O) groups excluding carboxylic acids is 1. The molecule has 1 aromatic rings. The van der Waals surface area contributed by atoms with Gasteiger partial charge in [-0.3, -0.25) is 0 Å². The zero-order valence-electron chi connectivity index (χ0n) is 9.29. The van der Waals surface area contributed by atoms with Crippen molar-refractivity contribution in [3.05, 3.63) is 23.8 Å². The molecule has 0 saturated carbocycles. The second-order valence-electron chi connectivity index (χ2n) is 3.82. The van der Waals surface area contributed by atoms with E-state index in [1.165, 1.54) is 0 Å². The molecule has 0 fully saturated rings. The van der Waals surface area contributed by atoms with Crippen molar-refractivity contribution in [2.45, 2.75) is 26.8 Å². The fraction of sp³-hybridized carbons (Fsp3) is 0.364. The van der Waals surface area contributed by atoms with Crippen LogP contribution in [0.25, 0.3) is 0 Å². The highest BCUT2D eigenvalue weighted by Crippen LogP contribution is 2.16. The van der Waals surface area contributed by atoms with Crippen molar-refractivity contribution < 1.29 is 4.79 Å². The van der Waals surface area contributed by atoms with Crippen molar-refractivity contribution in [2.24, 2.45) is 0 Å². The normalized spacial score (nSPS) is 10.1. The maximum atomic E-state index is 11.4. The van der Waals surface area contributed by atoms with Crippen LogP contribution in [0.4, 0.5) is 16.2 Å². The van der Waals surface area contributed by atoms with Gasteiger partial charge in [0.1, 0.15) is 0 Å². The van der Waals surface area contributed by atoms with E-state index in [4.69, 9.17) is 5.73 Å². The Morgan fingerprint density at radius 1 is 1.40 bits per heavy atom. The van der Waals surface area contributed by atoms with E-state index in [1.807, 2.05) is 26.8 Å². The molecule has 4 heteroatoms. The number of nitrogens with one attached hydrogen (secondary N) is 2. The van der Waals surface area contributed by atoms with Crippen molar-refractivity contribution in [3.63, 3.8) is 0 Å². The molecule has 0 radical (unpaired) electrons. The molecule has 15 heavy (non-hydrogen) atoms. The number of nitrogens with two attached hydrogens (primary N) is 1. The van der Waals surface area contributed by atoms with E-state index in [9.17, 15) is 4.79 Å². The van der Waals surface area contributed by atoms with Gasteiger partial charge in [0.2, 0.25) is 0 Å². The molecule has 0 heterocycles. The highest BCUT2D eigenvalue weighted by atomic mass is 16.2. The van der Waals surface area contributed by atoms with Gasteiger partial charge < -0.3 is 16.4 Å². The number of urea groups is 1. The molecule has 0 saturated heterocycles. The minimum Gasteiger partial charge on any atom is -0.399 e. The van der Waals surface area contributed by atoms with E-state index in [-0.39, 0.29) is 12.1 Å². The predicted octanol–water partition coefficient (Wildman–Crippen LogP) is 2.11. The second-order valence-corrected chi connectivity index (χ2v) is 3.82. The quantitative estimate of drug-likeness (QED) is 0.650. The van der Waals surface area contributed by atoms with Crippen molar-refractivity contribution in [3.8, 4) is 0 Å². The van der Waals surface area contributed by atoms with Gasteiger partial charge in [-0.15, -0.1) is 0 Å². The molecule has 1 aromatic carbocycles. The second kappa shape index (κ2) is 4.68. The number of benzene rings is 1. The Morgan fingerprint density at radius 3 is 2.60 bits per heavy atom. The maximum Gasteiger partial charge on any atom is 0.319 e. The first-order valence-electron chi connectivity index (χ1n) is 4.92. The fourth-order valence-electron chi connectivity index (χ4n) is 1.18. The number of hydrogen-bond acceptors (Lipinski definition) is 2. The summed E-state index contributed by atoms with van der Waals surface area (Å²) in [6.45, 7) is 5.72. The third kappa shape index (κ3) is 3.50. The predicted molar refractivity (Wildman–Crippen MR) is 62.9 cm³/mol. The van der Waals surface area contributed by atoms with Gasteiger partial charge in [-0.05, 0) is 44.5 Å². The topological polar surface area (TPSA) is 67.2 Å². The maximum absolute atomic E-state index is 11.4. The van der Waals surface area contributed by atoms with Crippen LogP contribution >= 0.6 is 0 Å². The SMILES string of the molecule is Cc1cc(NC(=O)NC(C)C)ccc1N. The summed E-state index contributed by atoms with van der Waals surface area (Å²) in [6, 6.07) is 5.33. The van der Waals surface area contributed by atoms with Crippen LogP contribution in [-0.2, 0) is 0 Å². The van der Waals surface area contributed by atoms with E-state index in [0.29, 0.717) is 0 Å². The lowest BCUT2D eigenvalue weighted by Gasteiger charge is -2.11. The molecule has 1 rings (SSSR count). The lowest BCUT2D eigenvalue weighted by atomic mass is 10.2. The molecular weight excluding hydrogens is 190 g/mol. The Morgan fingerprint density at radius 2 is 2.07 bits per heavy atom. The van der Waals surface area contributed by atoms with Gasteiger partial charge in [0.15, 0.2) is 0 Å². The minimum absolute atomic E-state index is 0.125. The molecular formula is C11H17N3O. The summed E-state index contributed by atoms with van der Waals surface area (Å²) in [7, 11) is 0. The third-order valence-corrected chi connectivity index (χ3v) is 1.95. The monoisotopic (exact) mass is 207 g/mol. The summed E-state index contributed by atoms with van der Waals surface area (Å²) in [4.78, 5) is 11.4. The van der Waals surface area contributed by atoms with E-state index < -0.39 is 0 Å². The number of anilines is 2. The minimum atomic E-state index is -0.200. The lowest BCUT2D eigenvalue weighted by molar-refractivity contribution is 0.250. The molecule has 4 nitrogen and oxygen atoms in total. The molecule has 2 amide bonds. The molecule has 0 bridgehead atoms. The van der Waals surface area contributed by atoms with Gasteiger partial charge in [-0.25, -0.2) is 4.79 Å². The molecule has 0 atom stereocenters. The standard InChI is InChI=1S/C11H17N3O/c1-7(2)13-11(15)14-9-4-5-10(12)8(3)6-9/h4-7H,12H2,1-3H3,(H2,13,14,15). The van der Waals surface area contributed by atoms with E-state index in [0.717, 1.165) is 16.9 Å². The van der Waals surface area contributed by atoms with Crippen LogP contribution in [0.5, 0.6) is 0 Å². The number of aryl methyl sites for hydroxylation is 1. The smallest absolute Gasteiger partial charge is 0.319 e. The molecule has 0 aliphatic carbocycles. The van der Waals surface area contributed by atoms with Crippen LogP contribution in [-0.4, -0.2) is 12.1 Å². The van der Waals surface area contributed by atoms with E-state index >= 15 is 0 Å². The Kier molecular flexibility index (Phi) is 3.55. The first kappa shape index (κ1) is 11.4. The van der Waals surface area contributed by atoms with Crippen LogP contribution in [0.1, 0.15) is 19.4 Å². The van der Waals surface area contributed by atoms with Crippen LogP contribution < -0.4 is 16.4 Å². The molecule has 0 unspecified atom stereocenters. The number of hydrogen-bond donors (Lipinski definition) is 3. The zero-order chi connectivity index (χ0) is 11.4. The average Bonchev–Trinajstić information content (AvgIpc) is 2.10. The molecule has 0 aliphatic rings. The Bertz CT molecular complexity index is 361. The van der Waals surface area contributed by atoms with Crippen LogP contribution in [0, 0.1) is 6.92 Å². The number of nitrogen functional groups attached to an aromatic ring is 1. The third-order valence-electron chi connectivity index (χ3n) is 1.95. The summed E-state index contributed by atoms with van der Waals surface area (Å²) in [5.74, 6) is 0. The largest absolute Gasteiger partial charge is 0.399 e. The average molecular weight is 207 g/mol. The summed E-state index contributed by atoms with van der Waals surface area (Å²) in [5.41, 5.74) is 8.10. The van der Waals surface area contributed by atoms with E-state index in [1.54, 1.807) is 12.1 Å². The first-order valence-corrected chi connectivity index (χ1v) is 4.92. The highest BCUT2D eigenvalue weighted by Gasteiger charge is 2.03. The first-order chi connectivity index (χ1) is 6.99. The molecule has 4 N–H and O–H groups in total. The molecule has 0 spiro atoms. The zero-order valence-corrected chi connectivity index (χ0v) is 9.29. The van der Waals surface area contributed by atoms with Crippen molar-refractivity contribution in [2.75, 3.05) is 11.1 Å². The van der Waals surface area contributed by atoms with Crippen molar-refractivity contribution in [1.29, 1.82) is 0 Å². The van der Waals surface area contributed by atoms with Crippen LogP contribution in [0.2, 0.25) is 0 Å². The number of rotatable bonds is 2. The molecule has 0 aromatic heterocycles. The van der Waals surface area contributed by atoms with Crippen LogP contribution in [0.3, 0.4) is 0 Å². The Balaban J connectivity index is 2.65. The van der Waals surface area contributed by atoms with Gasteiger partial charge in [-0.1, -0.05) is 0 Å². The summed E-state index contributed by atoms with van der Waals surface area (Å²) in [5, 5.41) is 5.48. The van der Waals surface area contributed by atoms with Crippen molar-refractivity contribution in [1.82, 2.24) is 5.32 Å².